The molecule has 0 bridgehead atoms. The fourth-order valence-corrected chi connectivity index (χ4v) is 2.91. The minimum absolute atomic E-state index is 0.0261. The van der Waals surface area contributed by atoms with Gasteiger partial charge in [0.2, 0.25) is 11.8 Å². The van der Waals surface area contributed by atoms with E-state index in [0.717, 1.165) is 10.6 Å². The average molecular weight is 384 g/mol. The van der Waals surface area contributed by atoms with Crippen molar-refractivity contribution in [3.05, 3.63) is 50.6 Å². The number of halogens is 2. The van der Waals surface area contributed by atoms with Crippen LogP contribution in [0, 0.1) is 0 Å². The standard InChI is InChI=1S/C16H15Cl2N3O2S/c1-10(14-3-2-8-24-14)20-21-16(23)7-6-15(22)19-13-5-4-11(17)9-12(13)18/h2-5,8-9H,6-7H2,1H3,(H,19,22)(H,21,23). The Labute approximate surface area is 153 Å². The first-order chi connectivity index (χ1) is 11.5. The minimum Gasteiger partial charge on any atom is -0.325 e. The van der Waals surface area contributed by atoms with Crippen LogP contribution in [0.25, 0.3) is 0 Å². The fraction of sp³-hybridized carbons (Fsp3) is 0.188. The van der Waals surface area contributed by atoms with Gasteiger partial charge in [0, 0.05) is 22.7 Å². The fourth-order valence-electron chi connectivity index (χ4n) is 1.77. The summed E-state index contributed by atoms with van der Waals surface area (Å²) in [7, 11) is 0. The van der Waals surface area contributed by atoms with E-state index in [-0.39, 0.29) is 24.7 Å². The molecule has 2 rings (SSSR count). The molecule has 1 aromatic heterocycles. The molecule has 8 heteroatoms. The minimum atomic E-state index is -0.330. The van der Waals surface area contributed by atoms with E-state index >= 15 is 0 Å². The molecule has 0 aliphatic rings. The van der Waals surface area contributed by atoms with E-state index in [1.165, 1.54) is 17.4 Å². The van der Waals surface area contributed by atoms with Gasteiger partial charge in [0.05, 0.1) is 16.4 Å². The molecule has 0 fully saturated rings. The molecule has 2 amide bonds. The second kappa shape index (κ2) is 8.82. The summed E-state index contributed by atoms with van der Waals surface area (Å²) in [5.74, 6) is -0.642. The van der Waals surface area contributed by atoms with Gasteiger partial charge in [-0.1, -0.05) is 29.3 Å². The van der Waals surface area contributed by atoms with Crippen LogP contribution < -0.4 is 10.7 Å². The molecule has 0 saturated heterocycles. The van der Waals surface area contributed by atoms with Crippen LogP contribution in [0.3, 0.4) is 0 Å². The van der Waals surface area contributed by atoms with E-state index < -0.39 is 0 Å². The van der Waals surface area contributed by atoms with Gasteiger partial charge in [0.1, 0.15) is 0 Å². The molecular weight excluding hydrogens is 369 g/mol. The predicted octanol–water partition coefficient (Wildman–Crippen LogP) is 4.31. The van der Waals surface area contributed by atoms with Gasteiger partial charge in [-0.3, -0.25) is 9.59 Å². The third-order valence-electron chi connectivity index (χ3n) is 3.01. The van der Waals surface area contributed by atoms with Crippen LogP contribution in [-0.4, -0.2) is 17.5 Å². The molecule has 126 valence electrons. The van der Waals surface area contributed by atoms with E-state index in [9.17, 15) is 9.59 Å². The van der Waals surface area contributed by atoms with Crippen LogP contribution >= 0.6 is 34.5 Å². The van der Waals surface area contributed by atoms with Gasteiger partial charge in [-0.2, -0.15) is 5.10 Å². The van der Waals surface area contributed by atoms with Crippen LogP contribution in [0.5, 0.6) is 0 Å². The normalized spacial score (nSPS) is 11.2. The molecule has 5 nitrogen and oxygen atoms in total. The molecule has 0 aliphatic heterocycles. The Balaban J connectivity index is 1.79. The Kier molecular flexibility index (Phi) is 6.78. The van der Waals surface area contributed by atoms with Crippen molar-refractivity contribution >= 4 is 57.8 Å². The molecule has 1 heterocycles. The predicted molar refractivity (Wildman–Crippen MR) is 99.0 cm³/mol. The summed E-state index contributed by atoms with van der Waals surface area (Å²) in [6, 6.07) is 8.59. The van der Waals surface area contributed by atoms with Crippen molar-refractivity contribution in [3.8, 4) is 0 Å². The summed E-state index contributed by atoms with van der Waals surface area (Å²) >= 11 is 13.3. The third kappa shape index (κ3) is 5.63. The van der Waals surface area contributed by atoms with Crippen molar-refractivity contribution in [1.82, 2.24) is 5.43 Å². The first-order valence-corrected chi connectivity index (χ1v) is 8.71. The van der Waals surface area contributed by atoms with Crippen molar-refractivity contribution in [3.63, 3.8) is 0 Å². The molecule has 0 radical (unpaired) electrons. The largest absolute Gasteiger partial charge is 0.325 e. The van der Waals surface area contributed by atoms with Crippen molar-refractivity contribution in [1.29, 1.82) is 0 Å². The molecular formula is C16H15Cl2N3O2S. The van der Waals surface area contributed by atoms with Gasteiger partial charge in [0.25, 0.3) is 0 Å². The van der Waals surface area contributed by atoms with Gasteiger partial charge in [-0.25, -0.2) is 5.43 Å². The maximum Gasteiger partial charge on any atom is 0.240 e. The zero-order valence-electron chi connectivity index (χ0n) is 12.8. The lowest BCUT2D eigenvalue weighted by Crippen LogP contribution is -2.21. The summed E-state index contributed by atoms with van der Waals surface area (Å²) in [6.45, 7) is 1.81. The highest BCUT2D eigenvalue weighted by Gasteiger charge is 2.09. The monoisotopic (exact) mass is 383 g/mol. The van der Waals surface area contributed by atoms with Crippen LogP contribution in [0.4, 0.5) is 5.69 Å². The number of anilines is 1. The number of amides is 2. The van der Waals surface area contributed by atoms with Crippen molar-refractivity contribution in [2.75, 3.05) is 5.32 Å². The molecule has 2 aromatic rings. The van der Waals surface area contributed by atoms with E-state index in [2.05, 4.69) is 15.8 Å². The number of nitrogens with zero attached hydrogens (tertiary/aromatic N) is 1. The quantitative estimate of drug-likeness (QED) is 0.575. The van der Waals surface area contributed by atoms with Gasteiger partial charge in [-0.05, 0) is 36.6 Å². The number of benzene rings is 1. The highest BCUT2D eigenvalue weighted by Crippen LogP contribution is 2.25. The number of carbonyl (C=O) groups is 2. The lowest BCUT2D eigenvalue weighted by Gasteiger charge is -2.07. The van der Waals surface area contributed by atoms with Crippen LogP contribution in [0.2, 0.25) is 10.0 Å². The summed E-state index contributed by atoms with van der Waals surface area (Å²) < 4.78 is 0. The Bertz CT molecular complexity index is 761. The zero-order chi connectivity index (χ0) is 17.5. The van der Waals surface area contributed by atoms with Gasteiger partial charge >= 0.3 is 0 Å². The second-order valence-electron chi connectivity index (χ2n) is 4.88. The number of hydrogen-bond acceptors (Lipinski definition) is 4. The van der Waals surface area contributed by atoms with Gasteiger partial charge < -0.3 is 5.32 Å². The van der Waals surface area contributed by atoms with Crippen LogP contribution in [0.15, 0.2) is 40.8 Å². The Morgan fingerprint density at radius 2 is 1.92 bits per heavy atom. The smallest absolute Gasteiger partial charge is 0.240 e. The molecule has 0 unspecified atom stereocenters. The third-order valence-corrected chi connectivity index (χ3v) is 4.54. The van der Waals surface area contributed by atoms with E-state index in [0.29, 0.717) is 15.7 Å². The van der Waals surface area contributed by atoms with Crippen molar-refractivity contribution in [2.45, 2.75) is 19.8 Å². The summed E-state index contributed by atoms with van der Waals surface area (Å²) in [5.41, 5.74) is 3.62. The molecule has 0 spiro atoms. The Morgan fingerprint density at radius 3 is 2.58 bits per heavy atom. The number of nitrogens with one attached hydrogen (secondary N) is 2. The zero-order valence-corrected chi connectivity index (χ0v) is 15.1. The van der Waals surface area contributed by atoms with E-state index in [1.807, 2.05) is 17.5 Å². The Hall–Kier alpha value is -1.89. The van der Waals surface area contributed by atoms with Crippen LogP contribution in [0.1, 0.15) is 24.6 Å². The maximum atomic E-state index is 11.9. The summed E-state index contributed by atoms with van der Waals surface area (Å²) in [6.07, 6.45) is 0.0522. The first kappa shape index (κ1) is 18.4. The molecule has 0 atom stereocenters. The number of carbonyl (C=O) groups excluding carboxylic acids is 2. The lowest BCUT2D eigenvalue weighted by molar-refractivity contribution is -0.124. The molecule has 2 N–H and O–H groups in total. The maximum absolute atomic E-state index is 11.9. The van der Waals surface area contributed by atoms with Crippen molar-refractivity contribution in [2.24, 2.45) is 5.10 Å². The van der Waals surface area contributed by atoms with Crippen molar-refractivity contribution < 1.29 is 9.59 Å². The lowest BCUT2D eigenvalue weighted by atomic mass is 10.2. The second-order valence-corrected chi connectivity index (χ2v) is 6.67. The molecule has 0 aliphatic carbocycles. The molecule has 24 heavy (non-hydrogen) atoms. The highest BCUT2D eigenvalue weighted by atomic mass is 35.5. The number of hydrogen-bond donors (Lipinski definition) is 2. The first-order valence-electron chi connectivity index (χ1n) is 7.07. The van der Waals surface area contributed by atoms with Crippen LogP contribution in [-0.2, 0) is 9.59 Å². The Morgan fingerprint density at radius 1 is 1.17 bits per heavy atom. The number of hydrazone groups is 1. The summed E-state index contributed by atoms with van der Waals surface area (Å²) in [4.78, 5) is 24.6. The number of rotatable bonds is 6. The molecule has 1 aromatic carbocycles. The summed E-state index contributed by atoms with van der Waals surface area (Å²) in [5, 5.41) is 9.41. The average Bonchev–Trinajstić information content (AvgIpc) is 3.08. The number of thiophene rings is 1. The highest BCUT2D eigenvalue weighted by molar-refractivity contribution is 7.12. The van der Waals surface area contributed by atoms with E-state index in [1.54, 1.807) is 19.1 Å². The van der Waals surface area contributed by atoms with Gasteiger partial charge in [-0.15, -0.1) is 11.3 Å². The molecule has 0 saturated carbocycles. The topological polar surface area (TPSA) is 70.6 Å². The SMILES string of the molecule is CC(=NNC(=O)CCC(=O)Nc1ccc(Cl)cc1Cl)c1cccs1. The van der Waals surface area contributed by atoms with E-state index in [4.69, 9.17) is 23.2 Å². The van der Waals surface area contributed by atoms with Gasteiger partial charge in [0.15, 0.2) is 0 Å².